The lowest BCUT2D eigenvalue weighted by molar-refractivity contribution is -0.148. The number of Topliss-reactive ketones (excluding diaryl/α,β-unsaturated/α-hetero) is 1. The van der Waals surface area contributed by atoms with E-state index < -0.39 is 5.54 Å². The molecule has 1 amide bonds. The Morgan fingerprint density at radius 1 is 1.15 bits per heavy atom. The summed E-state index contributed by atoms with van der Waals surface area (Å²) in [6.07, 6.45) is 10.9. The molecule has 4 heteroatoms. The maximum Gasteiger partial charge on any atom is 0.223 e. The van der Waals surface area contributed by atoms with E-state index in [0.717, 1.165) is 24.8 Å². The Morgan fingerprint density at radius 2 is 1.88 bits per heavy atom. The first-order valence-electron chi connectivity index (χ1n) is 10.1. The first kappa shape index (κ1) is 19.4. The Hall–Kier alpha value is -1.35. The van der Waals surface area contributed by atoms with Crippen LogP contribution < -0.4 is 0 Å². The standard InChI is InChI=1S/C22H30ClNO2/c1-24(21(26)15-14-17-9-3-2-4-10-17)22(16-8-7-13-20(22)25)18-11-5-6-12-19(18)23/h5-6,11-12,17H,2-4,7-10,13-16H2,1H3/t22-/m1/s1. The molecular weight excluding hydrogens is 346 g/mol. The molecule has 0 bridgehead atoms. The van der Waals surface area contributed by atoms with Crippen molar-refractivity contribution in [2.24, 2.45) is 5.92 Å². The van der Waals surface area contributed by atoms with Crippen LogP contribution in [0.15, 0.2) is 24.3 Å². The minimum absolute atomic E-state index is 0.0748. The normalized spacial score (nSPS) is 24.5. The van der Waals surface area contributed by atoms with Crippen molar-refractivity contribution in [2.45, 2.75) is 76.2 Å². The van der Waals surface area contributed by atoms with Crippen molar-refractivity contribution >= 4 is 23.3 Å². The molecule has 2 aliphatic carbocycles. The Kier molecular flexibility index (Phi) is 6.39. The maximum absolute atomic E-state index is 13.1. The highest BCUT2D eigenvalue weighted by Gasteiger charge is 2.47. The molecular formula is C22H30ClNO2. The second kappa shape index (κ2) is 8.56. The number of amides is 1. The zero-order valence-electron chi connectivity index (χ0n) is 15.8. The van der Waals surface area contributed by atoms with Crippen LogP contribution in [0, 0.1) is 5.92 Å². The molecule has 0 aromatic heterocycles. The first-order chi connectivity index (χ1) is 12.6. The van der Waals surface area contributed by atoms with Crippen molar-refractivity contribution < 1.29 is 9.59 Å². The molecule has 26 heavy (non-hydrogen) atoms. The Bertz CT molecular complexity index is 653. The summed E-state index contributed by atoms with van der Waals surface area (Å²) in [6, 6.07) is 7.51. The predicted molar refractivity (Wildman–Crippen MR) is 105 cm³/mol. The van der Waals surface area contributed by atoms with Gasteiger partial charge in [-0.2, -0.15) is 0 Å². The van der Waals surface area contributed by atoms with Gasteiger partial charge in [0.05, 0.1) is 0 Å². The van der Waals surface area contributed by atoms with Crippen molar-refractivity contribution in [1.29, 1.82) is 0 Å². The number of ketones is 1. The maximum atomic E-state index is 13.1. The molecule has 1 aromatic rings. The molecule has 0 spiro atoms. The highest BCUT2D eigenvalue weighted by Crippen LogP contribution is 2.42. The van der Waals surface area contributed by atoms with Gasteiger partial charge in [-0.1, -0.05) is 61.9 Å². The lowest BCUT2D eigenvalue weighted by Crippen LogP contribution is -2.54. The van der Waals surface area contributed by atoms with E-state index in [1.54, 1.807) is 11.9 Å². The number of benzene rings is 1. The lowest BCUT2D eigenvalue weighted by atomic mass is 9.74. The second-order valence-corrected chi connectivity index (χ2v) is 8.37. The van der Waals surface area contributed by atoms with Crippen molar-refractivity contribution in [2.75, 3.05) is 7.05 Å². The third-order valence-electron chi connectivity index (χ3n) is 6.41. The molecule has 142 valence electrons. The lowest BCUT2D eigenvalue weighted by Gasteiger charge is -2.44. The summed E-state index contributed by atoms with van der Waals surface area (Å²) in [6.45, 7) is 0. The molecule has 3 rings (SSSR count). The summed E-state index contributed by atoms with van der Waals surface area (Å²) in [5.41, 5.74) is -0.0971. The summed E-state index contributed by atoms with van der Waals surface area (Å²) >= 11 is 6.47. The van der Waals surface area contributed by atoms with Crippen LogP contribution in [0.3, 0.4) is 0 Å². The summed E-state index contributed by atoms with van der Waals surface area (Å²) in [5, 5.41) is 0.578. The van der Waals surface area contributed by atoms with E-state index >= 15 is 0 Å². The van der Waals surface area contributed by atoms with Crippen LogP contribution in [-0.4, -0.2) is 23.6 Å². The van der Waals surface area contributed by atoms with Gasteiger partial charge in [-0.05, 0) is 37.7 Å². The van der Waals surface area contributed by atoms with E-state index in [2.05, 4.69) is 0 Å². The van der Waals surface area contributed by atoms with Crippen molar-refractivity contribution in [3.8, 4) is 0 Å². The third-order valence-corrected chi connectivity index (χ3v) is 6.74. The van der Waals surface area contributed by atoms with Crippen molar-refractivity contribution in [3.05, 3.63) is 34.9 Å². The first-order valence-corrected chi connectivity index (χ1v) is 10.5. The average Bonchev–Trinajstić information content (AvgIpc) is 2.67. The molecule has 0 radical (unpaired) electrons. The number of nitrogens with zero attached hydrogens (tertiary/aromatic N) is 1. The molecule has 1 aromatic carbocycles. The fraction of sp³-hybridized carbons (Fsp3) is 0.636. The average molecular weight is 376 g/mol. The van der Waals surface area contributed by atoms with Crippen LogP contribution in [0.1, 0.15) is 76.2 Å². The van der Waals surface area contributed by atoms with Crippen LogP contribution in [-0.2, 0) is 15.1 Å². The fourth-order valence-electron chi connectivity index (χ4n) is 4.81. The fourth-order valence-corrected chi connectivity index (χ4v) is 5.11. The monoisotopic (exact) mass is 375 g/mol. The van der Waals surface area contributed by atoms with Crippen LogP contribution in [0.5, 0.6) is 0 Å². The molecule has 0 N–H and O–H groups in total. The number of halogens is 1. The van der Waals surface area contributed by atoms with Gasteiger partial charge in [0.15, 0.2) is 5.78 Å². The predicted octanol–water partition coefficient (Wildman–Crippen LogP) is 5.50. The SMILES string of the molecule is CN(C(=O)CCC1CCCCC1)[C@@]1(c2ccccc2Cl)CCCCC1=O. The summed E-state index contributed by atoms with van der Waals surface area (Å²) in [4.78, 5) is 27.8. The van der Waals surface area contributed by atoms with E-state index in [0.29, 0.717) is 30.2 Å². The van der Waals surface area contributed by atoms with Crippen molar-refractivity contribution in [1.82, 2.24) is 4.90 Å². The van der Waals surface area contributed by atoms with E-state index in [4.69, 9.17) is 11.6 Å². The molecule has 2 aliphatic rings. The van der Waals surface area contributed by atoms with Gasteiger partial charge >= 0.3 is 0 Å². The summed E-state index contributed by atoms with van der Waals surface area (Å²) in [5.74, 6) is 0.871. The molecule has 3 nitrogen and oxygen atoms in total. The highest BCUT2D eigenvalue weighted by atomic mass is 35.5. The van der Waals surface area contributed by atoms with Gasteiger partial charge in [0, 0.05) is 30.5 Å². The molecule has 0 heterocycles. The van der Waals surface area contributed by atoms with Gasteiger partial charge in [0.25, 0.3) is 0 Å². The zero-order valence-corrected chi connectivity index (χ0v) is 16.6. The summed E-state index contributed by atoms with van der Waals surface area (Å²) < 4.78 is 0. The van der Waals surface area contributed by atoms with Gasteiger partial charge in [-0.15, -0.1) is 0 Å². The van der Waals surface area contributed by atoms with Gasteiger partial charge < -0.3 is 4.90 Å². The topological polar surface area (TPSA) is 37.4 Å². The number of hydrogen-bond acceptors (Lipinski definition) is 2. The van der Waals surface area contributed by atoms with Gasteiger partial charge in [0.1, 0.15) is 5.54 Å². The van der Waals surface area contributed by atoms with E-state index in [9.17, 15) is 9.59 Å². The molecule has 0 saturated heterocycles. The molecule has 2 saturated carbocycles. The van der Waals surface area contributed by atoms with Crippen LogP contribution in [0.25, 0.3) is 0 Å². The van der Waals surface area contributed by atoms with Crippen LogP contribution in [0.4, 0.5) is 0 Å². The van der Waals surface area contributed by atoms with E-state index in [-0.39, 0.29) is 11.7 Å². The van der Waals surface area contributed by atoms with Gasteiger partial charge in [-0.3, -0.25) is 9.59 Å². The van der Waals surface area contributed by atoms with E-state index in [1.165, 1.54) is 32.1 Å². The molecule has 2 fully saturated rings. The van der Waals surface area contributed by atoms with Gasteiger partial charge in [0.2, 0.25) is 5.91 Å². The number of carbonyl (C=O) groups is 2. The summed E-state index contributed by atoms with van der Waals surface area (Å²) in [7, 11) is 1.80. The van der Waals surface area contributed by atoms with Crippen molar-refractivity contribution in [3.63, 3.8) is 0 Å². The molecule has 0 aliphatic heterocycles. The van der Waals surface area contributed by atoms with Gasteiger partial charge in [-0.25, -0.2) is 0 Å². The Morgan fingerprint density at radius 3 is 2.58 bits per heavy atom. The smallest absolute Gasteiger partial charge is 0.223 e. The number of carbonyl (C=O) groups excluding carboxylic acids is 2. The largest absolute Gasteiger partial charge is 0.329 e. The number of rotatable bonds is 5. The van der Waals surface area contributed by atoms with Crippen LogP contribution in [0.2, 0.25) is 5.02 Å². The number of likely N-dealkylation sites (N-methyl/N-ethyl adjacent to an activating group) is 1. The zero-order chi connectivity index (χ0) is 18.6. The van der Waals surface area contributed by atoms with Crippen LogP contribution >= 0.6 is 11.6 Å². The minimum Gasteiger partial charge on any atom is -0.329 e. The highest BCUT2D eigenvalue weighted by molar-refractivity contribution is 6.31. The molecule has 0 unspecified atom stereocenters. The number of hydrogen-bond donors (Lipinski definition) is 0. The Labute approximate surface area is 162 Å². The van der Waals surface area contributed by atoms with E-state index in [1.807, 2.05) is 24.3 Å². The second-order valence-electron chi connectivity index (χ2n) is 7.97. The third kappa shape index (κ3) is 3.83. The molecule has 1 atom stereocenters. The quantitative estimate of drug-likeness (QED) is 0.681. The Balaban J connectivity index is 1.81. The minimum atomic E-state index is -0.889.